The van der Waals surface area contributed by atoms with E-state index in [1.165, 1.54) is 0 Å². The highest BCUT2D eigenvalue weighted by Crippen LogP contribution is 2.45. The van der Waals surface area contributed by atoms with Crippen molar-refractivity contribution in [2.24, 2.45) is 10.7 Å². The molecule has 0 spiro atoms. The Morgan fingerprint density at radius 2 is 1.83 bits per heavy atom. The Labute approximate surface area is 171 Å². The summed E-state index contributed by atoms with van der Waals surface area (Å²) in [5, 5.41) is 2.11. The van der Waals surface area contributed by atoms with Gasteiger partial charge < -0.3 is 20.5 Å². The Balaban J connectivity index is 1.77. The molecule has 0 saturated carbocycles. The van der Waals surface area contributed by atoms with Crippen molar-refractivity contribution in [1.82, 2.24) is 10.3 Å². The Hall–Kier alpha value is -3.60. The molecule has 1 aromatic carbocycles. The molecule has 7 nitrogen and oxygen atoms in total. The van der Waals surface area contributed by atoms with Gasteiger partial charge in [0, 0.05) is 17.8 Å². The van der Waals surface area contributed by atoms with Crippen LogP contribution in [0, 0.1) is 11.6 Å². The number of hydrogen-bond acceptors (Lipinski definition) is 6. The summed E-state index contributed by atoms with van der Waals surface area (Å²) in [6, 6.07) is 2.23. The third kappa shape index (κ3) is 4.35. The van der Waals surface area contributed by atoms with Gasteiger partial charge >= 0.3 is 6.29 Å². The van der Waals surface area contributed by atoms with E-state index in [2.05, 4.69) is 31.3 Å². The number of nitrogens with zero attached hydrogens (tertiary/aromatic N) is 2. The van der Waals surface area contributed by atoms with Crippen LogP contribution in [-0.4, -0.2) is 23.4 Å². The van der Waals surface area contributed by atoms with E-state index in [0.29, 0.717) is 12.4 Å². The number of carbonyl (C=O) groups is 1. The molecule has 0 saturated heterocycles. The molecular weight excluding hydrogens is 432 g/mol. The molecule has 0 atom stereocenters. The largest absolute Gasteiger partial charge is 0.586 e. The number of halogens is 5. The first-order chi connectivity index (χ1) is 14.1. The SMILES string of the molecule is C=C(C=N/C(=C\N)c1cc2c(cc1Cl)OC(F)(F)O2)NC(=O)c1c(F)cncc1F. The third-order valence-corrected chi connectivity index (χ3v) is 3.95. The minimum Gasteiger partial charge on any atom is -0.403 e. The number of aromatic nitrogens is 1. The van der Waals surface area contributed by atoms with Gasteiger partial charge in [-0.25, -0.2) is 8.78 Å². The first kappa shape index (κ1) is 21.1. The Bertz CT molecular complexity index is 1080. The van der Waals surface area contributed by atoms with E-state index in [4.69, 9.17) is 17.3 Å². The van der Waals surface area contributed by atoms with Crippen molar-refractivity contribution < 1.29 is 31.8 Å². The highest BCUT2D eigenvalue weighted by molar-refractivity contribution is 6.32. The molecule has 12 heteroatoms. The number of benzene rings is 1. The summed E-state index contributed by atoms with van der Waals surface area (Å²) in [4.78, 5) is 19.2. The molecule has 3 N–H and O–H groups in total. The summed E-state index contributed by atoms with van der Waals surface area (Å²) in [6.45, 7) is 3.49. The van der Waals surface area contributed by atoms with Gasteiger partial charge in [-0.05, 0) is 6.07 Å². The maximum Gasteiger partial charge on any atom is 0.586 e. The summed E-state index contributed by atoms with van der Waals surface area (Å²) in [5.74, 6) is -4.00. The Kier molecular flexibility index (Phi) is 5.65. The number of pyridine rings is 1. The van der Waals surface area contributed by atoms with Gasteiger partial charge in [-0.3, -0.25) is 14.8 Å². The Morgan fingerprint density at radius 1 is 1.23 bits per heavy atom. The van der Waals surface area contributed by atoms with Crippen LogP contribution in [0.3, 0.4) is 0 Å². The molecule has 0 radical (unpaired) electrons. The molecule has 1 aliphatic rings. The zero-order chi connectivity index (χ0) is 22.1. The molecule has 0 unspecified atom stereocenters. The fraction of sp³-hybridized carbons (Fsp3) is 0.0556. The van der Waals surface area contributed by atoms with Crippen LogP contribution in [0.4, 0.5) is 17.6 Å². The summed E-state index contributed by atoms with van der Waals surface area (Å²) < 4.78 is 62.2. The number of nitrogens with one attached hydrogen (secondary N) is 1. The van der Waals surface area contributed by atoms with Gasteiger partial charge in [-0.2, -0.15) is 0 Å². The van der Waals surface area contributed by atoms with Crippen LogP contribution in [0.2, 0.25) is 5.02 Å². The molecule has 3 rings (SSSR count). The summed E-state index contributed by atoms with van der Waals surface area (Å²) in [5.41, 5.74) is 4.62. The lowest BCUT2D eigenvalue weighted by molar-refractivity contribution is -0.286. The van der Waals surface area contributed by atoms with Crippen LogP contribution in [0.15, 0.2) is 48.0 Å². The highest BCUT2D eigenvalue weighted by Gasteiger charge is 2.44. The summed E-state index contributed by atoms with van der Waals surface area (Å²) in [6.07, 6.45) is -0.459. The number of fused-ring (bicyclic) bond motifs is 1. The van der Waals surface area contributed by atoms with E-state index in [-0.39, 0.29) is 33.5 Å². The predicted octanol–water partition coefficient (Wildman–Crippen LogP) is 3.61. The van der Waals surface area contributed by atoms with Crippen molar-refractivity contribution >= 4 is 29.4 Å². The van der Waals surface area contributed by atoms with Crippen LogP contribution in [0.25, 0.3) is 5.70 Å². The number of ether oxygens (including phenoxy) is 2. The van der Waals surface area contributed by atoms with E-state index in [1.807, 2.05) is 0 Å². The average Bonchev–Trinajstić information content (AvgIpc) is 2.94. The fourth-order valence-electron chi connectivity index (χ4n) is 2.39. The van der Waals surface area contributed by atoms with Crippen LogP contribution < -0.4 is 20.5 Å². The average molecular weight is 443 g/mol. The van der Waals surface area contributed by atoms with Crippen molar-refractivity contribution in [3.8, 4) is 11.5 Å². The number of aliphatic imine (C=N–C) groups is 1. The van der Waals surface area contributed by atoms with Gasteiger partial charge in [-0.1, -0.05) is 18.2 Å². The molecule has 1 aliphatic heterocycles. The van der Waals surface area contributed by atoms with Gasteiger partial charge in [0.05, 0.1) is 35.0 Å². The monoisotopic (exact) mass is 442 g/mol. The van der Waals surface area contributed by atoms with E-state index in [1.54, 1.807) is 0 Å². The lowest BCUT2D eigenvalue weighted by Gasteiger charge is -2.08. The quantitative estimate of drug-likeness (QED) is 0.544. The normalized spacial score (nSPS) is 14.8. The first-order valence-electron chi connectivity index (χ1n) is 7.96. The molecule has 0 bridgehead atoms. The number of alkyl halides is 2. The minimum absolute atomic E-state index is 0.00159. The molecule has 1 aromatic heterocycles. The van der Waals surface area contributed by atoms with Crippen LogP contribution in [-0.2, 0) is 0 Å². The van der Waals surface area contributed by atoms with Crippen LogP contribution in [0.5, 0.6) is 11.5 Å². The fourth-order valence-corrected chi connectivity index (χ4v) is 2.64. The number of allylic oxidation sites excluding steroid dienone is 1. The van der Waals surface area contributed by atoms with E-state index < -0.39 is 29.4 Å². The Morgan fingerprint density at radius 3 is 2.43 bits per heavy atom. The van der Waals surface area contributed by atoms with Crippen molar-refractivity contribution in [1.29, 1.82) is 0 Å². The topological polar surface area (TPSA) is 98.8 Å². The lowest BCUT2D eigenvalue weighted by Crippen LogP contribution is -2.25. The van der Waals surface area contributed by atoms with Gasteiger partial charge in [-0.15, -0.1) is 8.78 Å². The minimum atomic E-state index is -3.84. The standard InChI is InChI=1S/C18H11ClF4N4O3/c1-8(27-17(28)16-11(20)6-25-7-12(16)21)5-26-13(4-24)9-2-14-15(3-10(9)19)30-18(22,23)29-14/h2-7H,1,24H2,(H,27,28)/b13-4-,26-5?. The van der Waals surface area contributed by atoms with E-state index in [9.17, 15) is 22.4 Å². The molecule has 30 heavy (non-hydrogen) atoms. The molecule has 2 heterocycles. The second-order valence-corrected chi connectivity index (χ2v) is 6.12. The van der Waals surface area contributed by atoms with Crippen molar-refractivity contribution in [2.45, 2.75) is 6.29 Å². The summed E-state index contributed by atoms with van der Waals surface area (Å²) >= 11 is 6.06. The molecule has 156 valence electrons. The molecule has 1 amide bonds. The predicted molar refractivity (Wildman–Crippen MR) is 99.1 cm³/mol. The van der Waals surface area contributed by atoms with Crippen molar-refractivity contribution in [3.63, 3.8) is 0 Å². The second kappa shape index (κ2) is 8.03. The lowest BCUT2D eigenvalue weighted by atomic mass is 10.1. The number of nitrogens with two attached hydrogens (primary N) is 1. The van der Waals surface area contributed by atoms with Gasteiger partial charge in [0.15, 0.2) is 23.1 Å². The third-order valence-electron chi connectivity index (χ3n) is 3.64. The highest BCUT2D eigenvalue weighted by atomic mass is 35.5. The van der Waals surface area contributed by atoms with Gasteiger partial charge in [0.1, 0.15) is 5.56 Å². The zero-order valence-electron chi connectivity index (χ0n) is 14.8. The molecule has 2 aromatic rings. The van der Waals surface area contributed by atoms with Crippen LogP contribution in [0.1, 0.15) is 15.9 Å². The van der Waals surface area contributed by atoms with Crippen molar-refractivity contribution in [2.75, 3.05) is 0 Å². The maximum atomic E-state index is 13.6. The molecular formula is C18H11ClF4N4O3. The molecule has 0 aliphatic carbocycles. The number of hydrogen-bond donors (Lipinski definition) is 2. The van der Waals surface area contributed by atoms with Gasteiger partial charge in [0.2, 0.25) is 0 Å². The van der Waals surface area contributed by atoms with Crippen molar-refractivity contribution in [3.05, 3.63) is 70.8 Å². The number of carbonyl (C=O) groups excluding carboxylic acids is 1. The van der Waals surface area contributed by atoms with Gasteiger partial charge in [0.25, 0.3) is 5.91 Å². The maximum absolute atomic E-state index is 13.6. The second-order valence-electron chi connectivity index (χ2n) is 5.71. The number of rotatable bonds is 5. The number of amides is 1. The van der Waals surface area contributed by atoms with E-state index in [0.717, 1.165) is 24.5 Å². The smallest absolute Gasteiger partial charge is 0.403 e. The first-order valence-corrected chi connectivity index (χ1v) is 8.34. The summed E-state index contributed by atoms with van der Waals surface area (Å²) in [7, 11) is 0. The van der Waals surface area contributed by atoms with Crippen LogP contribution >= 0.6 is 11.6 Å². The zero-order valence-corrected chi connectivity index (χ0v) is 15.5. The molecule has 0 fully saturated rings. The van der Waals surface area contributed by atoms with E-state index >= 15 is 0 Å².